The van der Waals surface area contributed by atoms with Crippen molar-refractivity contribution in [2.24, 2.45) is 0 Å². The number of benzene rings is 1. The maximum atomic E-state index is 12.3. The molecule has 1 amide bonds. The predicted octanol–water partition coefficient (Wildman–Crippen LogP) is 1.44. The fraction of sp³-hybridized carbons (Fsp3) is 0.529. The summed E-state index contributed by atoms with van der Waals surface area (Å²) in [7, 11) is 1.53. The van der Waals surface area contributed by atoms with Crippen LogP contribution in [0.3, 0.4) is 0 Å². The average molecular weight is 398 g/mol. The first kappa shape index (κ1) is 18.9. The lowest BCUT2D eigenvalue weighted by Gasteiger charge is -2.27. The highest BCUT2D eigenvalue weighted by molar-refractivity contribution is 9.10. The first-order valence-corrected chi connectivity index (χ1v) is 8.96. The SMILES string of the molecule is COc1ccc(Br)cc1C(=O)CCC(=O)NCCN1CCNCC1. The van der Waals surface area contributed by atoms with Gasteiger partial charge in [-0.25, -0.2) is 0 Å². The van der Waals surface area contributed by atoms with Crippen LogP contribution >= 0.6 is 15.9 Å². The normalized spacial score (nSPS) is 15.1. The Bertz CT molecular complexity index is 574. The van der Waals surface area contributed by atoms with Crippen molar-refractivity contribution in [3.05, 3.63) is 28.2 Å². The minimum atomic E-state index is -0.0922. The lowest BCUT2D eigenvalue weighted by molar-refractivity contribution is -0.121. The number of carbonyl (C=O) groups excluding carboxylic acids is 2. The lowest BCUT2D eigenvalue weighted by Crippen LogP contribution is -2.46. The van der Waals surface area contributed by atoms with E-state index in [1.165, 1.54) is 7.11 Å². The maximum absolute atomic E-state index is 12.3. The van der Waals surface area contributed by atoms with Gasteiger partial charge in [-0.15, -0.1) is 0 Å². The number of piperazine rings is 1. The van der Waals surface area contributed by atoms with E-state index in [4.69, 9.17) is 4.74 Å². The first-order chi connectivity index (χ1) is 11.6. The van der Waals surface area contributed by atoms with Crippen molar-refractivity contribution < 1.29 is 14.3 Å². The number of hydrogen-bond donors (Lipinski definition) is 2. The van der Waals surface area contributed by atoms with Crippen molar-refractivity contribution in [2.75, 3.05) is 46.4 Å². The molecule has 0 aliphatic carbocycles. The van der Waals surface area contributed by atoms with Crippen molar-refractivity contribution >= 4 is 27.6 Å². The Labute approximate surface area is 151 Å². The summed E-state index contributed by atoms with van der Waals surface area (Å²) in [6.07, 6.45) is 0.363. The number of Topliss-reactive ketones (excluding diaryl/α,β-unsaturated/α-hetero) is 1. The van der Waals surface area contributed by atoms with Gasteiger partial charge < -0.3 is 15.4 Å². The predicted molar refractivity (Wildman–Crippen MR) is 96.6 cm³/mol. The summed E-state index contributed by atoms with van der Waals surface area (Å²) in [6.45, 7) is 5.48. The fourth-order valence-electron chi connectivity index (χ4n) is 2.64. The van der Waals surface area contributed by atoms with E-state index in [9.17, 15) is 9.59 Å². The molecule has 0 spiro atoms. The number of rotatable bonds is 8. The molecule has 0 aromatic heterocycles. The van der Waals surface area contributed by atoms with Crippen molar-refractivity contribution in [2.45, 2.75) is 12.8 Å². The molecule has 1 saturated heterocycles. The van der Waals surface area contributed by atoms with E-state index in [2.05, 4.69) is 31.5 Å². The average Bonchev–Trinajstić information content (AvgIpc) is 2.60. The molecule has 2 N–H and O–H groups in total. The van der Waals surface area contributed by atoms with Gasteiger partial charge in [-0.05, 0) is 18.2 Å². The molecule has 1 aromatic carbocycles. The van der Waals surface area contributed by atoms with Crippen LogP contribution in [-0.2, 0) is 4.79 Å². The van der Waals surface area contributed by atoms with Crippen molar-refractivity contribution in [3.8, 4) is 5.75 Å². The van der Waals surface area contributed by atoms with Crippen LogP contribution in [0.1, 0.15) is 23.2 Å². The third-order valence-electron chi connectivity index (χ3n) is 4.00. The number of nitrogens with zero attached hydrogens (tertiary/aromatic N) is 1. The molecule has 1 heterocycles. The van der Waals surface area contributed by atoms with Crippen LogP contribution < -0.4 is 15.4 Å². The molecule has 1 aromatic rings. The lowest BCUT2D eigenvalue weighted by atomic mass is 10.1. The molecule has 7 heteroatoms. The zero-order chi connectivity index (χ0) is 17.4. The topological polar surface area (TPSA) is 70.7 Å². The van der Waals surface area contributed by atoms with E-state index in [1.54, 1.807) is 12.1 Å². The van der Waals surface area contributed by atoms with Gasteiger partial charge in [-0.2, -0.15) is 0 Å². The summed E-state index contributed by atoms with van der Waals surface area (Å²) in [5.74, 6) is 0.347. The van der Waals surface area contributed by atoms with Crippen LogP contribution in [0.4, 0.5) is 0 Å². The van der Waals surface area contributed by atoms with Crippen LogP contribution in [0.5, 0.6) is 5.75 Å². The molecule has 0 unspecified atom stereocenters. The van der Waals surface area contributed by atoms with Crippen LogP contribution in [0.25, 0.3) is 0 Å². The van der Waals surface area contributed by atoms with Gasteiger partial charge in [0.25, 0.3) is 0 Å². The van der Waals surface area contributed by atoms with Gasteiger partial charge in [-0.1, -0.05) is 15.9 Å². The quantitative estimate of drug-likeness (QED) is 0.649. The second-order valence-electron chi connectivity index (χ2n) is 5.71. The zero-order valence-corrected chi connectivity index (χ0v) is 15.5. The molecular weight excluding hydrogens is 374 g/mol. The molecule has 0 atom stereocenters. The van der Waals surface area contributed by atoms with Crippen LogP contribution in [0.2, 0.25) is 0 Å². The number of amides is 1. The van der Waals surface area contributed by atoms with Gasteiger partial charge in [-0.3, -0.25) is 14.5 Å². The number of halogens is 1. The number of ether oxygens (including phenoxy) is 1. The minimum Gasteiger partial charge on any atom is -0.496 e. The molecule has 1 aliphatic heterocycles. The van der Waals surface area contributed by atoms with Gasteiger partial charge in [0.05, 0.1) is 12.7 Å². The zero-order valence-electron chi connectivity index (χ0n) is 13.9. The smallest absolute Gasteiger partial charge is 0.220 e. The van der Waals surface area contributed by atoms with Crippen molar-refractivity contribution in [3.63, 3.8) is 0 Å². The molecule has 0 radical (unpaired) electrons. The second-order valence-corrected chi connectivity index (χ2v) is 6.63. The fourth-order valence-corrected chi connectivity index (χ4v) is 3.00. The number of hydrogen-bond acceptors (Lipinski definition) is 5. The Morgan fingerprint density at radius 3 is 2.75 bits per heavy atom. The molecular formula is C17H24BrN3O3. The van der Waals surface area contributed by atoms with Gasteiger partial charge in [0.2, 0.25) is 5.91 Å². The van der Waals surface area contributed by atoms with E-state index in [1.807, 2.05) is 6.07 Å². The highest BCUT2D eigenvalue weighted by Crippen LogP contribution is 2.24. The van der Waals surface area contributed by atoms with E-state index in [-0.39, 0.29) is 24.5 Å². The van der Waals surface area contributed by atoms with E-state index in [0.717, 1.165) is 37.2 Å². The molecule has 1 fully saturated rings. The summed E-state index contributed by atoms with van der Waals surface area (Å²) in [5.41, 5.74) is 0.500. The van der Waals surface area contributed by atoms with Gasteiger partial charge in [0.15, 0.2) is 5.78 Å². The third-order valence-corrected chi connectivity index (χ3v) is 4.49. The van der Waals surface area contributed by atoms with E-state index >= 15 is 0 Å². The van der Waals surface area contributed by atoms with Gasteiger partial charge in [0, 0.05) is 56.6 Å². The Balaban J connectivity index is 1.73. The first-order valence-electron chi connectivity index (χ1n) is 8.16. The maximum Gasteiger partial charge on any atom is 0.220 e. The summed E-state index contributed by atoms with van der Waals surface area (Å²) in [5, 5.41) is 6.18. The molecule has 2 rings (SSSR count). The Morgan fingerprint density at radius 2 is 2.04 bits per heavy atom. The molecule has 1 aliphatic rings. The van der Waals surface area contributed by atoms with Crippen molar-refractivity contribution in [1.29, 1.82) is 0 Å². The Hall–Kier alpha value is -1.44. The molecule has 0 saturated carbocycles. The second kappa shape index (κ2) is 9.76. The van der Waals surface area contributed by atoms with Crippen LogP contribution in [0, 0.1) is 0 Å². The summed E-state index contributed by atoms with van der Waals surface area (Å²) >= 11 is 3.35. The molecule has 6 nitrogen and oxygen atoms in total. The van der Waals surface area contributed by atoms with Gasteiger partial charge >= 0.3 is 0 Å². The largest absolute Gasteiger partial charge is 0.496 e. The number of methoxy groups -OCH3 is 1. The van der Waals surface area contributed by atoms with Crippen LogP contribution in [-0.4, -0.2) is 63.0 Å². The van der Waals surface area contributed by atoms with Crippen molar-refractivity contribution in [1.82, 2.24) is 15.5 Å². The third kappa shape index (κ3) is 5.89. The van der Waals surface area contributed by atoms with Gasteiger partial charge in [0.1, 0.15) is 5.75 Å². The van der Waals surface area contributed by atoms with E-state index in [0.29, 0.717) is 17.9 Å². The number of carbonyl (C=O) groups is 2. The standard InChI is InChI=1S/C17H24BrN3O3/c1-24-16-4-2-13(18)12-14(16)15(22)3-5-17(23)20-8-11-21-9-6-19-7-10-21/h2,4,12,19H,3,5-11H2,1H3,(H,20,23). The van der Waals surface area contributed by atoms with Crippen LogP contribution in [0.15, 0.2) is 22.7 Å². The number of ketones is 1. The summed E-state index contributed by atoms with van der Waals surface area (Å²) < 4.78 is 6.02. The Kier molecular flexibility index (Phi) is 7.68. The highest BCUT2D eigenvalue weighted by atomic mass is 79.9. The summed E-state index contributed by atoms with van der Waals surface area (Å²) in [4.78, 5) is 26.5. The van der Waals surface area contributed by atoms with E-state index < -0.39 is 0 Å². The molecule has 0 bridgehead atoms. The monoisotopic (exact) mass is 397 g/mol. The minimum absolute atomic E-state index is 0.0903. The molecule has 24 heavy (non-hydrogen) atoms. The summed E-state index contributed by atoms with van der Waals surface area (Å²) in [6, 6.07) is 5.28. The Morgan fingerprint density at radius 1 is 1.29 bits per heavy atom. The highest BCUT2D eigenvalue weighted by Gasteiger charge is 2.15. The molecule has 132 valence electrons. The number of nitrogens with one attached hydrogen (secondary N) is 2.